The molecular weight excluding hydrogens is 545 g/mol. The molecule has 2 aliphatic heterocycles. The first-order valence-electron chi connectivity index (χ1n) is 12.8. The molecule has 0 radical (unpaired) electrons. The van der Waals surface area contributed by atoms with E-state index in [9.17, 15) is 18.0 Å². The average Bonchev–Trinajstić information content (AvgIpc) is 3.14. The Kier molecular flexibility index (Phi) is 7.76. The maximum absolute atomic E-state index is 13.0. The number of nitrogens with two attached hydrogens (primary N) is 1. The van der Waals surface area contributed by atoms with Crippen molar-refractivity contribution in [2.24, 2.45) is 5.73 Å². The van der Waals surface area contributed by atoms with E-state index in [-0.39, 0.29) is 22.4 Å². The number of sulfonamides is 1. The summed E-state index contributed by atoms with van der Waals surface area (Å²) in [7, 11) is -8.81. The fourth-order valence-electron chi connectivity index (χ4n) is 4.12. The molecule has 4 N–H and O–H groups in total. The van der Waals surface area contributed by atoms with E-state index in [4.69, 9.17) is 19.3 Å². The van der Waals surface area contributed by atoms with E-state index in [0.29, 0.717) is 5.56 Å². The Morgan fingerprint density at radius 3 is 2.11 bits per heavy atom. The van der Waals surface area contributed by atoms with E-state index >= 15 is 0 Å². The summed E-state index contributed by atoms with van der Waals surface area (Å²) in [5, 5.41) is 0.621. The van der Waals surface area contributed by atoms with Gasteiger partial charge in [0.2, 0.25) is 10.0 Å². The summed E-state index contributed by atoms with van der Waals surface area (Å²) in [6.45, 7) is 22.3. The zero-order valence-electron chi connectivity index (χ0n) is 24.4. The minimum absolute atomic E-state index is 0.0263. The van der Waals surface area contributed by atoms with Gasteiger partial charge in [-0.15, -0.1) is 0 Å². The third-order valence-electron chi connectivity index (χ3n) is 8.64. The van der Waals surface area contributed by atoms with Crippen LogP contribution in [-0.4, -0.2) is 59.0 Å². The van der Waals surface area contributed by atoms with Gasteiger partial charge in [0.1, 0.15) is 17.7 Å². The third kappa shape index (κ3) is 5.40. The van der Waals surface area contributed by atoms with Gasteiger partial charge in [0.05, 0.1) is 12.0 Å². The number of hydrogen-bond acceptors (Lipinski definition) is 8. The molecular formula is C24H44N4O7SSi2. The van der Waals surface area contributed by atoms with Crippen LogP contribution in [0.4, 0.5) is 0 Å². The molecule has 0 aromatic carbocycles. The van der Waals surface area contributed by atoms with Crippen molar-refractivity contribution in [2.45, 2.75) is 109 Å². The number of aryl methyl sites for hydroxylation is 1. The van der Waals surface area contributed by atoms with Crippen LogP contribution in [0.3, 0.4) is 0 Å². The maximum Gasteiger partial charge on any atom is 0.330 e. The highest BCUT2D eigenvalue weighted by molar-refractivity contribution is 7.92. The molecule has 3 rings (SSSR count). The molecule has 1 aromatic heterocycles. The Bertz CT molecular complexity index is 1340. The van der Waals surface area contributed by atoms with Crippen LogP contribution in [0.2, 0.25) is 36.3 Å². The standard InChI is InChI=1S/C24H44N4O7SSi2/c1-15-12-28(21(30)26-19(15)29)20-18(35-38(10,11)23(5,6)7)24(16(25)14-36(31,32)27-24)17(34-20)13-33-37(8,9)22(2,3)4/h12,14,17-18,20,27H,13,25H2,1-11H3,(H,26,29,30)/t17-,18+,20-,24-/m1/s1. The summed E-state index contributed by atoms with van der Waals surface area (Å²) in [4.78, 5) is 27.5. The van der Waals surface area contributed by atoms with E-state index in [2.05, 4.69) is 64.3 Å². The number of H-pyrrole nitrogens is 1. The van der Waals surface area contributed by atoms with Crippen LogP contribution in [-0.2, 0) is 23.6 Å². The van der Waals surface area contributed by atoms with Crippen LogP contribution in [0, 0.1) is 6.92 Å². The molecule has 14 heteroatoms. The minimum Gasteiger partial charge on any atom is -0.414 e. The molecule has 38 heavy (non-hydrogen) atoms. The molecule has 0 bridgehead atoms. The first-order valence-corrected chi connectivity index (χ1v) is 20.1. The van der Waals surface area contributed by atoms with Crippen molar-refractivity contribution in [3.63, 3.8) is 0 Å². The minimum atomic E-state index is -3.93. The molecule has 0 amide bonds. The van der Waals surface area contributed by atoms with E-state index < -0.39 is 61.9 Å². The zero-order valence-corrected chi connectivity index (χ0v) is 27.2. The molecule has 2 aliphatic rings. The van der Waals surface area contributed by atoms with Crippen LogP contribution in [0.25, 0.3) is 0 Å². The lowest BCUT2D eigenvalue weighted by atomic mass is 9.86. The lowest BCUT2D eigenvalue weighted by molar-refractivity contribution is -0.0497. The van der Waals surface area contributed by atoms with Crippen LogP contribution < -0.4 is 21.7 Å². The molecule has 1 saturated heterocycles. The Morgan fingerprint density at radius 1 is 1.08 bits per heavy atom. The Labute approximate surface area is 227 Å². The molecule has 1 aromatic rings. The van der Waals surface area contributed by atoms with Gasteiger partial charge in [-0.1, -0.05) is 41.5 Å². The second-order valence-corrected chi connectivity index (χ2v) is 24.5. The molecule has 1 fully saturated rings. The highest BCUT2D eigenvalue weighted by atomic mass is 32.2. The van der Waals surface area contributed by atoms with Crippen molar-refractivity contribution in [1.29, 1.82) is 0 Å². The largest absolute Gasteiger partial charge is 0.414 e. The molecule has 0 saturated carbocycles. The fourth-order valence-corrected chi connectivity index (χ4v) is 7.84. The predicted octanol–water partition coefficient (Wildman–Crippen LogP) is 2.63. The molecule has 1 spiro atoms. The first-order chi connectivity index (χ1) is 17.0. The average molecular weight is 589 g/mol. The summed E-state index contributed by atoms with van der Waals surface area (Å²) in [5.41, 5.74) is 4.10. The van der Waals surface area contributed by atoms with Crippen molar-refractivity contribution in [1.82, 2.24) is 14.3 Å². The van der Waals surface area contributed by atoms with Gasteiger partial charge in [-0.2, -0.15) is 4.72 Å². The smallest absolute Gasteiger partial charge is 0.330 e. The number of nitrogens with one attached hydrogen (secondary N) is 2. The van der Waals surface area contributed by atoms with Gasteiger partial charge in [-0.25, -0.2) is 13.2 Å². The highest BCUT2D eigenvalue weighted by Gasteiger charge is 2.65. The normalized spacial score (nSPS) is 28.2. The number of ether oxygens (including phenoxy) is 1. The second-order valence-electron chi connectivity index (χ2n) is 13.5. The summed E-state index contributed by atoms with van der Waals surface area (Å²) in [6.07, 6.45) is -1.62. The Balaban J connectivity index is 2.24. The van der Waals surface area contributed by atoms with E-state index in [0.717, 1.165) is 5.41 Å². The number of nitrogens with zero attached hydrogens (tertiary/aromatic N) is 1. The van der Waals surface area contributed by atoms with Crippen LogP contribution >= 0.6 is 0 Å². The van der Waals surface area contributed by atoms with Crippen molar-refractivity contribution >= 4 is 26.7 Å². The summed E-state index contributed by atoms with van der Waals surface area (Å²) < 4.78 is 49.6. The SMILES string of the molecule is Cc1cn([C@@H]2O[C@H](CO[Si](C)(C)C(C)(C)C)[C@@]3(NS(=O)(=O)C=C3N)[C@H]2O[Si](C)(C)C(C)(C)C)c(=O)[nH]c1=O. The topological polar surface area (TPSA) is 155 Å². The van der Waals surface area contributed by atoms with Gasteiger partial charge in [0, 0.05) is 17.5 Å². The van der Waals surface area contributed by atoms with Crippen molar-refractivity contribution in [3.8, 4) is 0 Å². The second kappa shape index (κ2) is 9.52. The quantitative estimate of drug-likeness (QED) is 0.429. The van der Waals surface area contributed by atoms with Gasteiger partial charge in [-0.3, -0.25) is 14.3 Å². The Hall–Kier alpha value is -1.56. The zero-order chi connectivity index (χ0) is 29.3. The summed E-state index contributed by atoms with van der Waals surface area (Å²) in [6, 6.07) is 0. The highest BCUT2D eigenvalue weighted by Crippen LogP contribution is 2.49. The van der Waals surface area contributed by atoms with Crippen LogP contribution in [0.15, 0.2) is 26.9 Å². The first kappa shape index (κ1) is 31.0. The van der Waals surface area contributed by atoms with Crippen molar-refractivity contribution in [2.75, 3.05) is 6.61 Å². The van der Waals surface area contributed by atoms with E-state index in [1.165, 1.54) is 10.8 Å². The molecule has 0 unspecified atom stereocenters. The summed E-state index contributed by atoms with van der Waals surface area (Å²) in [5.74, 6) is 0. The van der Waals surface area contributed by atoms with Crippen LogP contribution in [0.1, 0.15) is 53.3 Å². The predicted molar refractivity (Wildman–Crippen MR) is 152 cm³/mol. The lowest BCUT2D eigenvalue weighted by Gasteiger charge is -2.44. The van der Waals surface area contributed by atoms with Crippen molar-refractivity contribution < 1.29 is 22.0 Å². The molecule has 11 nitrogen and oxygen atoms in total. The van der Waals surface area contributed by atoms with Crippen molar-refractivity contribution in [3.05, 3.63) is 43.7 Å². The number of aromatic amines is 1. The molecule has 3 heterocycles. The maximum atomic E-state index is 13.0. The monoisotopic (exact) mass is 588 g/mol. The molecule has 216 valence electrons. The fraction of sp³-hybridized carbons (Fsp3) is 0.750. The summed E-state index contributed by atoms with van der Waals surface area (Å²) >= 11 is 0. The van der Waals surface area contributed by atoms with Gasteiger partial charge in [-0.05, 0) is 43.2 Å². The van der Waals surface area contributed by atoms with Crippen LogP contribution in [0.5, 0.6) is 0 Å². The molecule has 4 atom stereocenters. The lowest BCUT2D eigenvalue weighted by Crippen LogP contribution is -2.64. The van der Waals surface area contributed by atoms with E-state index in [1.807, 2.05) is 13.1 Å². The number of rotatable bonds is 6. The van der Waals surface area contributed by atoms with Gasteiger partial charge in [0.25, 0.3) is 5.56 Å². The van der Waals surface area contributed by atoms with E-state index in [1.54, 1.807) is 6.92 Å². The third-order valence-corrected chi connectivity index (χ3v) is 18.8. The Morgan fingerprint density at radius 2 is 1.63 bits per heavy atom. The number of hydrogen-bond donors (Lipinski definition) is 3. The molecule has 0 aliphatic carbocycles. The number of aromatic nitrogens is 2. The van der Waals surface area contributed by atoms with Gasteiger partial charge >= 0.3 is 5.69 Å². The van der Waals surface area contributed by atoms with Gasteiger partial charge < -0.3 is 19.3 Å². The van der Waals surface area contributed by atoms with Gasteiger partial charge in [0.15, 0.2) is 22.9 Å².